The highest BCUT2D eigenvalue weighted by Gasteiger charge is 2.11. The molecule has 0 spiro atoms. The van der Waals surface area contributed by atoms with Gasteiger partial charge >= 0.3 is 0 Å². The number of hydrogen-bond acceptors (Lipinski definition) is 5. The highest BCUT2D eigenvalue weighted by molar-refractivity contribution is 6.02. The second-order valence-corrected chi connectivity index (χ2v) is 5.61. The predicted octanol–water partition coefficient (Wildman–Crippen LogP) is 3.57. The van der Waals surface area contributed by atoms with Crippen LogP contribution in [0.2, 0.25) is 0 Å². The summed E-state index contributed by atoms with van der Waals surface area (Å²) in [5.74, 6) is -0.850. The molecule has 3 aromatic rings. The number of rotatable bonds is 5. The Bertz CT molecular complexity index is 976. The van der Waals surface area contributed by atoms with Crippen LogP contribution in [0.4, 0.5) is 27.3 Å². The van der Waals surface area contributed by atoms with Crippen molar-refractivity contribution in [3.05, 3.63) is 72.4 Å². The van der Waals surface area contributed by atoms with Crippen LogP contribution < -0.4 is 16.0 Å². The van der Waals surface area contributed by atoms with Gasteiger partial charge in [-0.05, 0) is 30.3 Å². The van der Waals surface area contributed by atoms with Crippen molar-refractivity contribution in [1.29, 1.82) is 0 Å². The molecule has 0 aliphatic heterocycles. The van der Waals surface area contributed by atoms with Crippen molar-refractivity contribution in [1.82, 2.24) is 9.97 Å². The standard InChI is InChI=1S/C19H16FN5O2/c1-12(26)23-13-5-4-6-14(9-13)24-18-11-21-17(10-22-18)19(27)25-16-8-3-2-7-15(16)20/h2-11H,1H3,(H,22,24)(H,23,26)(H,25,27). The average Bonchev–Trinajstić information content (AvgIpc) is 2.64. The number of hydrogen-bond donors (Lipinski definition) is 3. The van der Waals surface area contributed by atoms with Crippen molar-refractivity contribution >= 4 is 34.7 Å². The normalized spacial score (nSPS) is 10.1. The Labute approximate surface area is 154 Å². The van der Waals surface area contributed by atoms with E-state index in [4.69, 9.17) is 0 Å². The van der Waals surface area contributed by atoms with Gasteiger partial charge in [-0.1, -0.05) is 18.2 Å². The van der Waals surface area contributed by atoms with Gasteiger partial charge in [-0.25, -0.2) is 14.4 Å². The fourth-order valence-electron chi connectivity index (χ4n) is 2.28. The van der Waals surface area contributed by atoms with Gasteiger partial charge in [0.05, 0.1) is 18.1 Å². The van der Waals surface area contributed by atoms with Gasteiger partial charge in [0.2, 0.25) is 5.91 Å². The fraction of sp³-hybridized carbons (Fsp3) is 0.0526. The molecule has 7 nitrogen and oxygen atoms in total. The minimum Gasteiger partial charge on any atom is -0.339 e. The first-order chi connectivity index (χ1) is 13.0. The minimum atomic E-state index is -0.563. The number of amides is 2. The smallest absolute Gasteiger partial charge is 0.275 e. The maximum atomic E-state index is 13.6. The lowest BCUT2D eigenvalue weighted by atomic mass is 10.2. The molecule has 0 saturated heterocycles. The lowest BCUT2D eigenvalue weighted by molar-refractivity contribution is -0.114. The highest BCUT2D eigenvalue weighted by Crippen LogP contribution is 2.19. The Morgan fingerprint density at radius 3 is 2.41 bits per heavy atom. The Morgan fingerprint density at radius 1 is 0.926 bits per heavy atom. The molecule has 1 aromatic heterocycles. The Morgan fingerprint density at radius 2 is 1.70 bits per heavy atom. The molecule has 0 saturated carbocycles. The number of nitrogens with zero attached hydrogens (tertiary/aromatic N) is 2. The van der Waals surface area contributed by atoms with Crippen molar-refractivity contribution in [2.24, 2.45) is 0 Å². The quantitative estimate of drug-likeness (QED) is 0.642. The third-order valence-corrected chi connectivity index (χ3v) is 3.46. The Balaban J connectivity index is 1.67. The molecular formula is C19H16FN5O2. The predicted molar refractivity (Wildman–Crippen MR) is 100 cm³/mol. The number of anilines is 4. The molecule has 136 valence electrons. The van der Waals surface area contributed by atoms with Crippen molar-refractivity contribution in [3.63, 3.8) is 0 Å². The third kappa shape index (κ3) is 4.85. The van der Waals surface area contributed by atoms with Gasteiger partial charge in [-0.3, -0.25) is 9.59 Å². The van der Waals surface area contributed by atoms with Crippen LogP contribution in [-0.4, -0.2) is 21.8 Å². The summed E-state index contributed by atoms with van der Waals surface area (Å²) >= 11 is 0. The number of nitrogens with one attached hydrogen (secondary N) is 3. The number of carbonyl (C=O) groups excluding carboxylic acids is 2. The van der Waals surface area contributed by atoms with Crippen LogP contribution in [0.3, 0.4) is 0 Å². The molecular weight excluding hydrogens is 349 g/mol. The minimum absolute atomic E-state index is 0.0517. The van der Waals surface area contributed by atoms with E-state index >= 15 is 0 Å². The van der Waals surface area contributed by atoms with Crippen LogP contribution >= 0.6 is 0 Å². The Hall–Kier alpha value is -3.81. The largest absolute Gasteiger partial charge is 0.339 e. The molecule has 27 heavy (non-hydrogen) atoms. The van der Waals surface area contributed by atoms with E-state index in [1.165, 1.54) is 37.5 Å². The molecule has 0 atom stereocenters. The molecule has 3 N–H and O–H groups in total. The molecule has 0 bridgehead atoms. The van der Waals surface area contributed by atoms with E-state index in [-0.39, 0.29) is 17.3 Å². The van der Waals surface area contributed by atoms with Crippen molar-refractivity contribution in [2.75, 3.05) is 16.0 Å². The lowest BCUT2D eigenvalue weighted by Gasteiger charge is -2.09. The van der Waals surface area contributed by atoms with Gasteiger partial charge in [0.25, 0.3) is 5.91 Å². The number of halogens is 1. The van der Waals surface area contributed by atoms with Gasteiger partial charge in [-0.15, -0.1) is 0 Å². The summed E-state index contributed by atoms with van der Waals surface area (Å²) in [6.45, 7) is 1.43. The van der Waals surface area contributed by atoms with Gasteiger partial charge < -0.3 is 16.0 Å². The molecule has 3 rings (SSSR count). The second kappa shape index (κ2) is 8.05. The van der Waals surface area contributed by atoms with Crippen molar-refractivity contribution < 1.29 is 14.0 Å². The van der Waals surface area contributed by atoms with E-state index in [1.54, 1.807) is 30.3 Å². The zero-order valence-corrected chi connectivity index (χ0v) is 14.4. The van der Waals surface area contributed by atoms with Crippen LogP contribution in [0.1, 0.15) is 17.4 Å². The number of aromatic nitrogens is 2. The first-order valence-electron chi connectivity index (χ1n) is 8.04. The fourth-order valence-corrected chi connectivity index (χ4v) is 2.28. The van der Waals surface area contributed by atoms with Crippen molar-refractivity contribution in [2.45, 2.75) is 6.92 Å². The molecule has 0 radical (unpaired) electrons. The first kappa shape index (κ1) is 18.0. The summed E-state index contributed by atoms with van der Waals surface area (Å²) in [6, 6.07) is 12.9. The van der Waals surface area contributed by atoms with Gasteiger partial charge in [0, 0.05) is 18.3 Å². The van der Waals surface area contributed by atoms with E-state index in [0.29, 0.717) is 17.2 Å². The monoisotopic (exact) mass is 365 g/mol. The topological polar surface area (TPSA) is 96.0 Å². The summed E-state index contributed by atoms with van der Waals surface area (Å²) in [5.41, 5.74) is 1.46. The molecule has 1 heterocycles. The van der Waals surface area contributed by atoms with E-state index < -0.39 is 11.7 Å². The summed E-state index contributed by atoms with van der Waals surface area (Å²) in [5, 5.41) is 8.15. The molecule has 0 aliphatic rings. The van der Waals surface area contributed by atoms with Gasteiger partial charge in [0.1, 0.15) is 17.3 Å². The number of benzene rings is 2. The van der Waals surface area contributed by atoms with Gasteiger partial charge in [-0.2, -0.15) is 0 Å². The van der Waals surface area contributed by atoms with Crippen molar-refractivity contribution in [3.8, 4) is 0 Å². The SMILES string of the molecule is CC(=O)Nc1cccc(Nc2cnc(C(=O)Nc3ccccc3F)cn2)c1. The Kier molecular flexibility index (Phi) is 5.36. The van der Waals surface area contributed by atoms with Crippen LogP contribution in [0, 0.1) is 5.82 Å². The molecule has 0 unspecified atom stereocenters. The van der Waals surface area contributed by atoms with Crippen LogP contribution in [-0.2, 0) is 4.79 Å². The zero-order chi connectivity index (χ0) is 19.2. The molecule has 8 heteroatoms. The highest BCUT2D eigenvalue weighted by atomic mass is 19.1. The summed E-state index contributed by atoms with van der Waals surface area (Å²) in [6.07, 6.45) is 2.68. The summed E-state index contributed by atoms with van der Waals surface area (Å²) in [4.78, 5) is 31.4. The summed E-state index contributed by atoms with van der Waals surface area (Å²) in [7, 11) is 0. The summed E-state index contributed by atoms with van der Waals surface area (Å²) < 4.78 is 13.6. The molecule has 0 aliphatic carbocycles. The number of carbonyl (C=O) groups is 2. The van der Waals surface area contributed by atoms with E-state index in [1.807, 2.05) is 0 Å². The average molecular weight is 365 g/mol. The molecule has 0 fully saturated rings. The second-order valence-electron chi connectivity index (χ2n) is 5.61. The van der Waals surface area contributed by atoms with Gasteiger partial charge in [0.15, 0.2) is 0 Å². The van der Waals surface area contributed by atoms with Crippen LogP contribution in [0.5, 0.6) is 0 Å². The third-order valence-electron chi connectivity index (χ3n) is 3.46. The molecule has 2 aromatic carbocycles. The zero-order valence-electron chi connectivity index (χ0n) is 14.4. The van der Waals surface area contributed by atoms with E-state index in [2.05, 4.69) is 25.9 Å². The van der Waals surface area contributed by atoms with Crippen LogP contribution in [0.25, 0.3) is 0 Å². The van der Waals surface area contributed by atoms with E-state index in [0.717, 1.165) is 0 Å². The van der Waals surface area contributed by atoms with Crippen LogP contribution in [0.15, 0.2) is 60.9 Å². The number of para-hydroxylation sites is 1. The van der Waals surface area contributed by atoms with E-state index in [9.17, 15) is 14.0 Å². The maximum Gasteiger partial charge on any atom is 0.275 e. The molecule has 2 amide bonds. The lowest BCUT2D eigenvalue weighted by Crippen LogP contribution is -2.15. The first-order valence-corrected chi connectivity index (χ1v) is 8.04. The maximum absolute atomic E-state index is 13.6.